The number of nitrogens with zero attached hydrogens (tertiary/aromatic N) is 7. The molecule has 1 aliphatic heterocycles. The van der Waals surface area contributed by atoms with Crippen LogP contribution < -0.4 is 20.2 Å². The molecule has 0 bridgehead atoms. The van der Waals surface area contributed by atoms with Crippen molar-refractivity contribution in [3.63, 3.8) is 0 Å². The van der Waals surface area contributed by atoms with Crippen LogP contribution in [0.4, 0.5) is 42.4 Å². The number of anilines is 2. The van der Waals surface area contributed by atoms with Gasteiger partial charge in [-0.3, -0.25) is 9.25 Å². The van der Waals surface area contributed by atoms with Gasteiger partial charge in [-0.05, 0) is 30.3 Å². The molecule has 3 heterocycles. The highest BCUT2D eigenvalue weighted by Gasteiger charge is 2.44. The molecule has 1 aliphatic rings. The third-order valence-corrected chi connectivity index (χ3v) is 5.25. The van der Waals surface area contributed by atoms with Gasteiger partial charge in [0, 0.05) is 38.1 Å². The topological polar surface area (TPSA) is 81.3 Å². The molecular formula is C20H18F7N7O2. The van der Waals surface area contributed by atoms with Crippen molar-refractivity contribution >= 4 is 11.6 Å². The number of rotatable bonds is 7. The first-order valence-corrected chi connectivity index (χ1v) is 10.4. The van der Waals surface area contributed by atoms with Gasteiger partial charge in [-0.15, -0.1) is 0 Å². The molecule has 1 saturated heterocycles. The molecular weight excluding hydrogens is 503 g/mol. The van der Waals surface area contributed by atoms with Crippen LogP contribution in [0, 0.1) is 0 Å². The Labute approximate surface area is 198 Å². The monoisotopic (exact) mass is 521 g/mol. The molecule has 1 fully saturated rings. The minimum Gasteiger partial charge on any atom is -0.428 e. The van der Waals surface area contributed by atoms with Gasteiger partial charge in [0.15, 0.2) is 5.69 Å². The first kappa shape index (κ1) is 25.2. The summed E-state index contributed by atoms with van der Waals surface area (Å²) in [6.45, 7) is 1.41. The lowest BCUT2D eigenvalue weighted by Crippen LogP contribution is -2.47. The number of ether oxygens (including phenoxy) is 1. The summed E-state index contributed by atoms with van der Waals surface area (Å²) >= 11 is 0. The first-order chi connectivity index (χ1) is 16.9. The fraction of sp³-hybridized carbons (Fsp3) is 0.400. The molecule has 0 atom stereocenters. The molecule has 0 spiro atoms. The zero-order chi connectivity index (χ0) is 26.1. The van der Waals surface area contributed by atoms with Crippen molar-refractivity contribution in [3.8, 4) is 5.75 Å². The molecule has 2 aromatic heterocycles. The summed E-state index contributed by atoms with van der Waals surface area (Å²) in [6, 6.07) is 6.04. The molecule has 4 rings (SSSR count). The fourth-order valence-electron chi connectivity index (χ4n) is 3.44. The van der Waals surface area contributed by atoms with Crippen LogP contribution in [0.2, 0.25) is 0 Å². The molecule has 0 N–H and O–H groups in total. The van der Waals surface area contributed by atoms with Crippen molar-refractivity contribution < 1.29 is 35.5 Å². The number of piperazine rings is 1. The van der Waals surface area contributed by atoms with Crippen LogP contribution in [0.3, 0.4) is 0 Å². The Hall–Kier alpha value is -3.85. The van der Waals surface area contributed by atoms with Crippen molar-refractivity contribution in [2.45, 2.75) is 25.4 Å². The maximum absolute atomic E-state index is 13.0. The van der Waals surface area contributed by atoms with Gasteiger partial charge in [0.25, 0.3) is 0 Å². The standard InChI is InChI=1S/C20H18F7N7O2/c21-16(22)20(26,27)36-14-3-1-13(2-4-14)31-7-9-32(10-8-31)17-28-11-33(18(35)29-17)12-34-6-5-15(30-34)19(23,24)25/h1-6,11,16H,7-10,12H2. The lowest BCUT2D eigenvalue weighted by molar-refractivity contribution is -0.253. The molecule has 16 heteroatoms. The highest BCUT2D eigenvalue weighted by atomic mass is 19.4. The van der Waals surface area contributed by atoms with E-state index in [1.54, 1.807) is 4.90 Å². The number of aromatic nitrogens is 5. The largest absolute Gasteiger partial charge is 0.461 e. The maximum atomic E-state index is 13.0. The van der Waals surface area contributed by atoms with E-state index in [0.29, 0.717) is 31.9 Å². The first-order valence-electron chi connectivity index (χ1n) is 10.4. The minimum absolute atomic E-state index is 0.144. The van der Waals surface area contributed by atoms with Gasteiger partial charge in [-0.25, -0.2) is 9.78 Å². The van der Waals surface area contributed by atoms with E-state index in [0.717, 1.165) is 33.6 Å². The van der Waals surface area contributed by atoms with Gasteiger partial charge in [-0.2, -0.15) is 40.8 Å². The number of alkyl halides is 7. The molecule has 9 nitrogen and oxygen atoms in total. The van der Waals surface area contributed by atoms with Gasteiger partial charge < -0.3 is 14.5 Å². The number of hydrogen-bond acceptors (Lipinski definition) is 7. The highest BCUT2D eigenvalue weighted by Crippen LogP contribution is 2.29. The second-order valence-corrected chi connectivity index (χ2v) is 7.72. The van der Waals surface area contributed by atoms with Gasteiger partial charge in [0.2, 0.25) is 5.95 Å². The molecule has 194 valence electrons. The normalized spacial score (nSPS) is 15.0. The minimum atomic E-state index is -4.60. The summed E-state index contributed by atoms with van der Waals surface area (Å²) < 4.78 is 94.6. The average Bonchev–Trinajstić information content (AvgIpc) is 3.30. The van der Waals surface area contributed by atoms with Gasteiger partial charge in [0.05, 0.1) is 0 Å². The van der Waals surface area contributed by atoms with E-state index in [-0.39, 0.29) is 12.6 Å². The Morgan fingerprint density at radius 1 is 0.944 bits per heavy atom. The molecule has 3 aromatic rings. The van der Waals surface area contributed by atoms with E-state index < -0.39 is 35.8 Å². The van der Waals surface area contributed by atoms with Crippen molar-refractivity contribution in [2.75, 3.05) is 36.0 Å². The van der Waals surface area contributed by atoms with Crippen LogP contribution in [0.15, 0.2) is 47.7 Å². The molecule has 0 aliphatic carbocycles. The third kappa shape index (κ3) is 5.68. The van der Waals surface area contributed by atoms with E-state index in [1.807, 2.05) is 4.90 Å². The fourth-order valence-corrected chi connectivity index (χ4v) is 3.44. The summed E-state index contributed by atoms with van der Waals surface area (Å²) in [5.41, 5.74) is -1.15. The van der Waals surface area contributed by atoms with Crippen LogP contribution in [0.5, 0.6) is 5.75 Å². The predicted octanol–water partition coefficient (Wildman–Crippen LogP) is 2.92. The van der Waals surface area contributed by atoms with Crippen molar-refractivity contribution in [1.82, 2.24) is 24.3 Å². The Morgan fingerprint density at radius 3 is 2.14 bits per heavy atom. The molecule has 0 saturated carbocycles. The van der Waals surface area contributed by atoms with Crippen LogP contribution in [-0.4, -0.2) is 63.0 Å². The quantitative estimate of drug-likeness (QED) is 0.443. The Morgan fingerprint density at radius 2 is 1.58 bits per heavy atom. The zero-order valence-corrected chi connectivity index (χ0v) is 18.2. The Bertz CT molecular complexity index is 1240. The highest BCUT2D eigenvalue weighted by molar-refractivity contribution is 5.50. The molecule has 36 heavy (non-hydrogen) atoms. The number of hydrogen-bond donors (Lipinski definition) is 0. The Balaban J connectivity index is 1.35. The zero-order valence-electron chi connectivity index (χ0n) is 18.2. The Kier molecular flexibility index (Phi) is 6.77. The van der Waals surface area contributed by atoms with Crippen molar-refractivity contribution in [2.24, 2.45) is 0 Å². The van der Waals surface area contributed by atoms with E-state index in [2.05, 4.69) is 19.8 Å². The molecule has 0 amide bonds. The summed E-state index contributed by atoms with van der Waals surface area (Å²) in [5, 5.41) is 3.38. The SMILES string of the molecule is O=c1nc(N2CCN(c3ccc(OC(F)(F)C(F)F)cc3)CC2)ncn1Cn1ccc(C(F)(F)F)n1. The second-order valence-electron chi connectivity index (χ2n) is 7.72. The molecule has 1 aromatic carbocycles. The van der Waals surface area contributed by atoms with Crippen LogP contribution >= 0.6 is 0 Å². The van der Waals surface area contributed by atoms with E-state index in [1.165, 1.54) is 18.5 Å². The molecule has 0 radical (unpaired) electrons. The van der Waals surface area contributed by atoms with E-state index in [4.69, 9.17) is 0 Å². The molecule has 0 unspecified atom stereocenters. The van der Waals surface area contributed by atoms with E-state index in [9.17, 15) is 35.5 Å². The summed E-state index contributed by atoms with van der Waals surface area (Å²) in [5.74, 6) is -0.258. The van der Waals surface area contributed by atoms with Gasteiger partial charge in [-0.1, -0.05) is 0 Å². The van der Waals surface area contributed by atoms with Gasteiger partial charge >= 0.3 is 24.4 Å². The van der Waals surface area contributed by atoms with Gasteiger partial charge in [0.1, 0.15) is 18.7 Å². The van der Waals surface area contributed by atoms with Crippen LogP contribution in [-0.2, 0) is 12.8 Å². The lowest BCUT2D eigenvalue weighted by Gasteiger charge is -2.36. The van der Waals surface area contributed by atoms with E-state index >= 15 is 0 Å². The average molecular weight is 521 g/mol. The lowest BCUT2D eigenvalue weighted by atomic mass is 10.2. The predicted molar refractivity (Wildman–Crippen MR) is 111 cm³/mol. The number of benzene rings is 1. The third-order valence-electron chi connectivity index (χ3n) is 5.25. The number of halogens is 7. The summed E-state index contributed by atoms with van der Waals surface area (Å²) in [7, 11) is 0. The second kappa shape index (κ2) is 9.66. The smallest absolute Gasteiger partial charge is 0.428 e. The van der Waals surface area contributed by atoms with Crippen LogP contribution in [0.25, 0.3) is 0 Å². The van der Waals surface area contributed by atoms with Crippen molar-refractivity contribution in [1.29, 1.82) is 0 Å². The maximum Gasteiger partial charge on any atom is 0.461 e. The summed E-state index contributed by atoms with van der Waals surface area (Å²) in [6.07, 6.45) is -10.9. The summed E-state index contributed by atoms with van der Waals surface area (Å²) in [4.78, 5) is 24.0. The van der Waals surface area contributed by atoms with Crippen molar-refractivity contribution in [3.05, 3.63) is 59.0 Å². The van der Waals surface area contributed by atoms with Crippen LogP contribution in [0.1, 0.15) is 5.69 Å².